The standard InChI is InChI=1S/C13H28N2O/c1-4-16-12-8-14-7-11-15-9-5-13(2,3)6-10-15/h14H,4-12H2,1-3H3. The molecule has 1 aliphatic heterocycles. The molecule has 0 saturated carbocycles. The van der Waals surface area contributed by atoms with Crippen molar-refractivity contribution in [2.75, 3.05) is 45.9 Å². The molecule has 0 radical (unpaired) electrons. The summed E-state index contributed by atoms with van der Waals surface area (Å²) < 4.78 is 5.28. The predicted molar refractivity (Wildman–Crippen MR) is 68.8 cm³/mol. The van der Waals surface area contributed by atoms with E-state index in [9.17, 15) is 0 Å². The Morgan fingerprint density at radius 3 is 2.50 bits per heavy atom. The maximum atomic E-state index is 5.28. The first-order valence-electron chi connectivity index (χ1n) is 6.65. The normalized spacial score (nSPS) is 21.2. The van der Waals surface area contributed by atoms with Gasteiger partial charge in [0.1, 0.15) is 0 Å². The molecule has 0 unspecified atom stereocenters. The van der Waals surface area contributed by atoms with Crippen molar-refractivity contribution in [1.29, 1.82) is 0 Å². The molecule has 1 saturated heterocycles. The molecule has 1 N–H and O–H groups in total. The number of nitrogens with zero attached hydrogens (tertiary/aromatic N) is 1. The van der Waals surface area contributed by atoms with Gasteiger partial charge in [0.2, 0.25) is 0 Å². The van der Waals surface area contributed by atoms with Gasteiger partial charge in [0.05, 0.1) is 6.61 Å². The van der Waals surface area contributed by atoms with Crippen LogP contribution < -0.4 is 5.32 Å². The van der Waals surface area contributed by atoms with Gasteiger partial charge in [0, 0.05) is 26.2 Å². The van der Waals surface area contributed by atoms with Crippen LogP contribution in [0.2, 0.25) is 0 Å². The van der Waals surface area contributed by atoms with Crippen molar-refractivity contribution >= 4 is 0 Å². The first-order chi connectivity index (χ1) is 7.64. The van der Waals surface area contributed by atoms with Gasteiger partial charge >= 0.3 is 0 Å². The van der Waals surface area contributed by atoms with Crippen LogP contribution in [0.25, 0.3) is 0 Å². The summed E-state index contributed by atoms with van der Waals surface area (Å²) in [5, 5.41) is 3.42. The Kier molecular flexibility index (Phi) is 6.32. The lowest BCUT2D eigenvalue weighted by atomic mass is 9.83. The number of piperidine rings is 1. The highest BCUT2D eigenvalue weighted by Crippen LogP contribution is 2.29. The van der Waals surface area contributed by atoms with Crippen LogP contribution in [0.1, 0.15) is 33.6 Å². The fraction of sp³-hybridized carbons (Fsp3) is 1.00. The quantitative estimate of drug-likeness (QED) is 0.672. The number of hydrogen-bond acceptors (Lipinski definition) is 3. The fourth-order valence-electron chi connectivity index (χ4n) is 2.03. The van der Waals surface area contributed by atoms with Crippen LogP contribution in [0.3, 0.4) is 0 Å². The second-order valence-electron chi connectivity index (χ2n) is 5.45. The Morgan fingerprint density at radius 2 is 1.88 bits per heavy atom. The van der Waals surface area contributed by atoms with Gasteiger partial charge in [-0.05, 0) is 38.3 Å². The molecular weight excluding hydrogens is 200 g/mol. The highest BCUT2D eigenvalue weighted by atomic mass is 16.5. The van der Waals surface area contributed by atoms with E-state index in [1.54, 1.807) is 0 Å². The van der Waals surface area contributed by atoms with Gasteiger partial charge in [-0.15, -0.1) is 0 Å². The zero-order chi connectivity index (χ0) is 11.9. The Bertz CT molecular complexity index is 173. The third-order valence-corrected chi connectivity index (χ3v) is 3.44. The van der Waals surface area contributed by atoms with Crippen LogP contribution in [0.15, 0.2) is 0 Å². The minimum Gasteiger partial charge on any atom is -0.380 e. The molecule has 0 amide bonds. The van der Waals surface area contributed by atoms with Crippen molar-refractivity contribution in [2.24, 2.45) is 5.41 Å². The molecule has 3 heteroatoms. The molecule has 0 atom stereocenters. The van der Waals surface area contributed by atoms with Crippen molar-refractivity contribution in [3.8, 4) is 0 Å². The molecule has 1 aliphatic rings. The molecule has 0 aliphatic carbocycles. The van der Waals surface area contributed by atoms with Gasteiger partial charge in [-0.3, -0.25) is 0 Å². The number of rotatable bonds is 7. The summed E-state index contributed by atoms with van der Waals surface area (Å²) >= 11 is 0. The predicted octanol–water partition coefficient (Wildman–Crippen LogP) is 1.73. The maximum Gasteiger partial charge on any atom is 0.0590 e. The second-order valence-corrected chi connectivity index (χ2v) is 5.45. The molecule has 1 heterocycles. The van der Waals surface area contributed by atoms with Crippen LogP contribution in [0, 0.1) is 5.41 Å². The van der Waals surface area contributed by atoms with E-state index in [-0.39, 0.29) is 0 Å². The van der Waals surface area contributed by atoms with Crippen molar-refractivity contribution in [1.82, 2.24) is 10.2 Å². The van der Waals surface area contributed by atoms with Crippen LogP contribution in [0.5, 0.6) is 0 Å². The summed E-state index contributed by atoms with van der Waals surface area (Å²) in [4.78, 5) is 2.57. The number of hydrogen-bond donors (Lipinski definition) is 1. The molecule has 0 aromatic rings. The van der Waals surface area contributed by atoms with E-state index >= 15 is 0 Å². The van der Waals surface area contributed by atoms with Crippen LogP contribution in [-0.2, 0) is 4.74 Å². The molecule has 3 nitrogen and oxygen atoms in total. The van der Waals surface area contributed by atoms with E-state index in [1.165, 1.54) is 32.5 Å². The minimum atomic E-state index is 0.568. The van der Waals surface area contributed by atoms with Crippen molar-refractivity contribution in [3.05, 3.63) is 0 Å². The minimum absolute atomic E-state index is 0.568. The Morgan fingerprint density at radius 1 is 1.19 bits per heavy atom. The van der Waals surface area contributed by atoms with Gasteiger partial charge < -0.3 is 15.0 Å². The molecule has 96 valence electrons. The molecule has 1 fully saturated rings. The first-order valence-corrected chi connectivity index (χ1v) is 6.65. The monoisotopic (exact) mass is 228 g/mol. The third-order valence-electron chi connectivity index (χ3n) is 3.44. The second kappa shape index (κ2) is 7.25. The lowest BCUT2D eigenvalue weighted by Crippen LogP contribution is -2.41. The molecule has 0 spiro atoms. The van der Waals surface area contributed by atoms with E-state index in [1.807, 2.05) is 6.92 Å². The average Bonchev–Trinajstić information content (AvgIpc) is 2.25. The topological polar surface area (TPSA) is 24.5 Å². The van der Waals surface area contributed by atoms with Crippen molar-refractivity contribution in [2.45, 2.75) is 33.6 Å². The summed E-state index contributed by atoms with van der Waals surface area (Å²) in [5.41, 5.74) is 0.568. The fourth-order valence-corrected chi connectivity index (χ4v) is 2.03. The van der Waals surface area contributed by atoms with Crippen LogP contribution >= 0.6 is 0 Å². The van der Waals surface area contributed by atoms with E-state index < -0.39 is 0 Å². The molecule has 0 bridgehead atoms. The van der Waals surface area contributed by atoms with Gasteiger partial charge in [0.25, 0.3) is 0 Å². The number of ether oxygens (including phenoxy) is 1. The van der Waals surface area contributed by atoms with Gasteiger partial charge in [0.15, 0.2) is 0 Å². The van der Waals surface area contributed by atoms with E-state index in [0.717, 1.165) is 26.3 Å². The third kappa shape index (κ3) is 5.83. The zero-order valence-corrected chi connectivity index (χ0v) is 11.2. The zero-order valence-electron chi connectivity index (χ0n) is 11.2. The highest BCUT2D eigenvalue weighted by molar-refractivity contribution is 4.78. The molecule has 0 aromatic carbocycles. The first kappa shape index (κ1) is 13.9. The SMILES string of the molecule is CCOCCNCCN1CCC(C)(C)CC1. The molecule has 16 heavy (non-hydrogen) atoms. The Balaban J connectivity index is 1.94. The summed E-state index contributed by atoms with van der Waals surface area (Å²) in [6.07, 6.45) is 2.68. The Labute approximate surface area is 101 Å². The van der Waals surface area contributed by atoms with Crippen molar-refractivity contribution < 1.29 is 4.74 Å². The van der Waals surface area contributed by atoms with Crippen LogP contribution in [0.4, 0.5) is 0 Å². The summed E-state index contributed by atoms with van der Waals surface area (Å²) in [6.45, 7) is 14.2. The average molecular weight is 228 g/mol. The van der Waals surface area contributed by atoms with Gasteiger partial charge in [-0.1, -0.05) is 13.8 Å². The largest absolute Gasteiger partial charge is 0.380 e. The maximum absolute atomic E-state index is 5.28. The number of nitrogens with one attached hydrogen (secondary N) is 1. The van der Waals surface area contributed by atoms with Crippen LogP contribution in [-0.4, -0.2) is 50.8 Å². The van der Waals surface area contributed by atoms with E-state index in [4.69, 9.17) is 4.74 Å². The van der Waals surface area contributed by atoms with E-state index in [2.05, 4.69) is 24.1 Å². The molecular formula is C13H28N2O. The summed E-state index contributed by atoms with van der Waals surface area (Å²) in [6, 6.07) is 0. The molecule has 1 rings (SSSR count). The summed E-state index contributed by atoms with van der Waals surface area (Å²) in [5.74, 6) is 0. The summed E-state index contributed by atoms with van der Waals surface area (Å²) in [7, 11) is 0. The lowest BCUT2D eigenvalue weighted by Gasteiger charge is -2.36. The van der Waals surface area contributed by atoms with Crippen molar-refractivity contribution in [3.63, 3.8) is 0 Å². The smallest absolute Gasteiger partial charge is 0.0590 e. The van der Waals surface area contributed by atoms with E-state index in [0.29, 0.717) is 5.41 Å². The van der Waals surface area contributed by atoms with Gasteiger partial charge in [-0.2, -0.15) is 0 Å². The lowest BCUT2D eigenvalue weighted by molar-refractivity contribution is 0.128. The molecule has 0 aromatic heterocycles. The number of likely N-dealkylation sites (tertiary alicyclic amines) is 1. The van der Waals surface area contributed by atoms with Gasteiger partial charge in [-0.25, -0.2) is 0 Å². The Hall–Kier alpha value is -0.120. The highest BCUT2D eigenvalue weighted by Gasteiger charge is 2.24.